The smallest absolute Gasteiger partial charge is 0.311 e. The Morgan fingerprint density at radius 2 is 1.91 bits per heavy atom. The Balaban J connectivity index is 1.74. The lowest BCUT2D eigenvalue weighted by Crippen LogP contribution is -2.48. The van der Waals surface area contributed by atoms with Crippen molar-refractivity contribution in [1.82, 2.24) is 4.90 Å². The molecule has 0 aromatic heterocycles. The molecule has 1 aromatic carbocycles. The Bertz CT molecular complexity index is 552. The molecule has 1 aliphatic rings. The topological polar surface area (TPSA) is 57.6 Å². The number of aryl methyl sites for hydroxylation is 2. The zero-order valence-electron chi connectivity index (χ0n) is 14.2. The summed E-state index contributed by atoms with van der Waals surface area (Å²) in [7, 11) is 0. The van der Waals surface area contributed by atoms with Gasteiger partial charge in [-0.1, -0.05) is 29.8 Å². The lowest BCUT2D eigenvalue weighted by Gasteiger charge is -2.37. The number of carbonyl (C=O) groups is 2. The molecular formula is C19H27NO3. The van der Waals surface area contributed by atoms with Gasteiger partial charge in [-0.05, 0) is 51.5 Å². The van der Waals surface area contributed by atoms with Gasteiger partial charge in [0.05, 0.1) is 5.41 Å². The number of benzene rings is 1. The van der Waals surface area contributed by atoms with Crippen molar-refractivity contribution in [3.63, 3.8) is 0 Å². The molecule has 0 radical (unpaired) electrons. The highest BCUT2D eigenvalue weighted by Crippen LogP contribution is 2.30. The first-order valence-electron chi connectivity index (χ1n) is 8.47. The Kier molecular flexibility index (Phi) is 5.80. The first-order valence-corrected chi connectivity index (χ1v) is 8.47. The molecule has 23 heavy (non-hydrogen) atoms. The average Bonchev–Trinajstić information content (AvgIpc) is 2.53. The zero-order chi connectivity index (χ0) is 16.9. The number of carboxylic acids is 1. The Labute approximate surface area is 138 Å². The molecule has 4 heteroatoms. The van der Waals surface area contributed by atoms with E-state index in [0.717, 1.165) is 25.7 Å². The van der Waals surface area contributed by atoms with Crippen LogP contribution in [0, 0.1) is 12.3 Å². The lowest BCUT2D eigenvalue weighted by atomic mass is 9.82. The predicted molar refractivity (Wildman–Crippen MR) is 90.3 cm³/mol. The van der Waals surface area contributed by atoms with Crippen molar-refractivity contribution >= 4 is 11.9 Å². The van der Waals surface area contributed by atoms with Gasteiger partial charge in [0.1, 0.15) is 0 Å². The van der Waals surface area contributed by atoms with Crippen molar-refractivity contribution in [1.29, 1.82) is 0 Å². The van der Waals surface area contributed by atoms with E-state index in [9.17, 15) is 14.7 Å². The molecule has 1 aromatic rings. The fraction of sp³-hybridized carbons (Fsp3) is 0.579. The van der Waals surface area contributed by atoms with E-state index in [1.165, 1.54) is 11.1 Å². The van der Waals surface area contributed by atoms with Crippen molar-refractivity contribution in [3.05, 3.63) is 35.4 Å². The van der Waals surface area contributed by atoms with Crippen LogP contribution in [0.3, 0.4) is 0 Å². The average molecular weight is 317 g/mol. The molecule has 0 aliphatic carbocycles. The van der Waals surface area contributed by atoms with E-state index in [2.05, 4.69) is 31.2 Å². The van der Waals surface area contributed by atoms with E-state index in [0.29, 0.717) is 25.9 Å². The molecule has 1 unspecified atom stereocenters. The van der Waals surface area contributed by atoms with E-state index in [4.69, 9.17) is 0 Å². The van der Waals surface area contributed by atoms with E-state index in [1.54, 1.807) is 11.8 Å². The summed E-state index contributed by atoms with van der Waals surface area (Å²) < 4.78 is 0. The summed E-state index contributed by atoms with van der Waals surface area (Å²) in [6.07, 6.45) is 4.77. The van der Waals surface area contributed by atoms with Crippen LogP contribution in [0.5, 0.6) is 0 Å². The highest BCUT2D eigenvalue weighted by Gasteiger charge is 2.39. The molecule has 0 saturated carbocycles. The van der Waals surface area contributed by atoms with Crippen LogP contribution in [0.4, 0.5) is 0 Å². The van der Waals surface area contributed by atoms with Crippen LogP contribution in [-0.4, -0.2) is 35.0 Å². The van der Waals surface area contributed by atoms with Gasteiger partial charge in [-0.2, -0.15) is 0 Å². The maximum Gasteiger partial charge on any atom is 0.311 e. The molecule has 0 bridgehead atoms. The Morgan fingerprint density at radius 1 is 1.22 bits per heavy atom. The highest BCUT2D eigenvalue weighted by molar-refractivity contribution is 5.79. The minimum absolute atomic E-state index is 0.0982. The van der Waals surface area contributed by atoms with Gasteiger partial charge in [-0.25, -0.2) is 0 Å². The van der Waals surface area contributed by atoms with E-state index >= 15 is 0 Å². The van der Waals surface area contributed by atoms with Crippen LogP contribution >= 0.6 is 0 Å². The number of nitrogens with zero attached hydrogens (tertiary/aromatic N) is 1. The van der Waals surface area contributed by atoms with Crippen LogP contribution in [0.2, 0.25) is 0 Å². The number of hydrogen-bond donors (Lipinski definition) is 1. The minimum Gasteiger partial charge on any atom is -0.481 e. The van der Waals surface area contributed by atoms with Crippen LogP contribution < -0.4 is 0 Å². The third kappa shape index (κ3) is 4.81. The first kappa shape index (κ1) is 17.5. The summed E-state index contributed by atoms with van der Waals surface area (Å²) in [5, 5.41) is 9.32. The standard InChI is InChI=1S/C19H27NO3/c1-15-8-10-16(11-9-15)6-3-4-7-17(21)20-13-5-12-19(2,14-20)18(22)23/h8-11H,3-7,12-14H2,1-2H3,(H,22,23). The minimum atomic E-state index is -0.797. The molecular weight excluding hydrogens is 290 g/mol. The molecule has 1 heterocycles. The number of carbonyl (C=O) groups excluding carboxylic acids is 1. The molecule has 1 saturated heterocycles. The summed E-state index contributed by atoms with van der Waals surface area (Å²) >= 11 is 0. The zero-order valence-corrected chi connectivity index (χ0v) is 14.2. The summed E-state index contributed by atoms with van der Waals surface area (Å²) in [6, 6.07) is 8.50. The maximum atomic E-state index is 12.3. The van der Waals surface area contributed by atoms with Crippen molar-refractivity contribution < 1.29 is 14.7 Å². The Hall–Kier alpha value is -1.84. The quantitative estimate of drug-likeness (QED) is 0.818. The molecule has 4 nitrogen and oxygen atoms in total. The molecule has 0 spiro atoms. The predicted octanol–water partition coefficient (Wildman–Crippen LogP) is 3.42. The normalized spacial score (nSPS) is 21.2. The van der Waals surface area contributed by atoms with Gasteiger partial charge in [0, 0.05) is 19.5 Å². The van der Waals surface area contributed by atoms with E-state index in [1.807, 2.05) is 0 Å². The fourth-order valence-electron chi connectivity index (χ4n) is 3.15. The summed E-state index contributed by atoms with van der Waals surface area (Å²) in [5.74, 6) is -0.699. The third-order valence-corrected chi connectivity index (χ3v) is 4.79. The molecule has 1 atom stereocenters. The van der Waals surface area contributed by atoms with Crippen LogP contribution in [0.25, 0.3) is 0 Å². The number of hydrogen-bond acceptors (Lipinski definition) is 2. The van der Waals surface area contributed by atoms with Crippen LogP contribution in [0.1, 0.15) is 50.2 Å². The number of rotatable bonds is 6. The van der Waals surface area contributed by atoms with Crippen molar-refractivity contribution in [2.75, 3.05) is 13.1 Å². The van der Waals surface area contributed by atoms with Gasteiger partial charge in [0.2, 0.25) is 5.91 Å². The molecule has 1 aliphatic heterocycles. The monoisotopic (exact) mass is 317 g/mol. The third-order valence-electron chi connectivity index (χ3n) is 4.79. The highest BCUT2D eigenvalue weighted by atomic mass is 16.4. The van der Waals surface area contributed by atoms with Gasteiger partial charge < -0.3 is 10.0 Å². The van der Waals surface area contributed by atoms with Gasteiger partial charge >= 0.3 is 5.97 Å². The number of amides is 1. The van der Waals surface area contributed by atoms with Gasteiger partial charge in [-0.3, -0.25) is 9.59 Å². The molecule has 1 fully saturated rings. The second kappa shape index (κ2) is 7.62. The summed E-state index contributed by atoms with van der Waals surface area (Å²) in [5.41, 5.74) is 1.78. The molecule has 1 amide bonds. The van der Waals surface area contributed by atoms with Crippen molar-refractivity contribution in [3.8, 4) is 0 Å². The number of likely N-dealkylation sites (tertiary alicyclic amines) is 1. The first-order chi connectivity index (χ1) is 10.9. The van der Waals surface area contributed by atoms with Crippen molar-refractivity contribution in [2.24, 2.45) is 5.41 Å². The summed E-state index contributed by atoms with van der Waals surface area (Å²) in [6.45, 7) is 4.86. The maximum absolute atomic E-state index is 12.3. The largest absolute Gasteiger partial charge is 0.481 e. The molecule has 126 valence electrons. The SMILES string of the molecule is Cc1ccc(CCCCC(=O)N2CCCC(C)(C(=O)O)C2)cc1. The second-order valence-corrected chi connectivity index (χ2v) is 6.98. The number of aliphatic carboxylic acids is 1. The lowest BCUT2D eigenvalue weighted by molar-refractivity contribution is -0.153. The number of carboxylic acid groups (broad SMARTS) is 1. The van der Waals surface area contributed by atoms with Gasteiger partial charge in [0.25, 0.3) is 0 Å². The fourth-order valence-corrected chi connectivity index (χ4v) is 3.15. The van der Waals surface area contributed by atoms with Gasteiger partial charge in [0.15, 0.2) is 0 Å². The summed E-state index contributed by atoms with van der Waals surface area (Å²) in [4.78, 5) is 25.4. The molecule has 1 N–H and O–H groups in total. The van der Waals surface area contributed by atoms with Gasteiger partial charge in [-0.15, -0.1) is 0 Å². The van der Waals surface area contributed by atoms with Crippen LogP contribution in [-0.2, 0) is 16.0 Å². The molecule has 2 rings (SSSR count). The second-order valence-electron chi connectivity index (χ2n) is 6.98. The number of piperidine rings is 1. The Morgan fingerprint density at radius 3 is 2.57 bits per heavy atom. The number of unbranched alkanes of at least 4 members (excludes halogenated alkanes) is 1. The van der Waals surface area contributed by atoms with E-state index < -0.39 is 11.4 Å². The van der Waals surface area contributed by atoms with E-state index in [-0.39, 0.29) is 5.91 Å². The van der Waals surface area contributed by atoms with Crippen LogP contribution in [0.15, 0.2) is 24.3 Å². The van der Waals surface area contributed by atoms with Crippen molar-refractivity contribution in [2.45, 2.75) is 52.4 Å².